The minimum absolute atomic E-state index is 0.298. The Bertz CT molecular complexity index is 845. The quantitative estimate of drug-likeness (QED) is 0.652. The number of aromatic nitrogens is 2. The summed E-state index contributed by atoms with van der Waals surface area (Å²) in [6.45, 7) is 0.368. The van der Waals surface area contributed by atoms with Crippen LogP contribution >= 0.6 is 35.4 Å². The van der Waals surface area contributed by atoms with E-state index in [0.29, 0.717) is 27.4 Å². The monoisotopic (exact) mass is 351 g/mol. The second kappa shape index (κ2) is 6.52. The lowest BCUT2D eigenvalue weighted by molar-refractivity contribution is 0.522. The van der Waals surface area contributed by atoms with Crippen LogP contribution < -0.4 is 5.32 Å². The van der Waals surface area contributed by atoms with Gasteiger partial charge in [-0.2, -0.15) is 0 Å². The van der Waals surface area contributed by atoms with Crippen LogP contribution in [0.3, 0.4) is 0 Å². The van der Waals surface area contributed by atoms with E-state index >= 15 is 0 Å². The molecule has 112 valence electrons. The van der Waals surface area contributed by atoms with Crippen LogP contribution in [0.15, 0.2) is 52.9 Å². The molecular weight excluding hydrogens is 341 g/mol. The third kappa shape index (κ3) is 3.32. The van der Waals surface area contributed by atoms with Gasteiger partial charge in [0, 0.05) is 11.3 Å². The Kier molecular flexibility index (Phi) is 4.47. The lowest BCUT2D eigenvalue weighted by atomic mass is 10.2. The third-order valence-corrected chi connectivity index (χ3v) is 4.01. The van der Waals surface area contributed by atoms with Gasteiger partial charge >= 0.3 is 0 Å². The Hall–Kier alpha value is -1.82. The zero-order valence-corrected chi connectivity index (χ0v) is 13.6. The van der Waals surface area contributed by atoms with E-state index in [1.807, 2.05) is 36.4 Å². The maximum absolute atomic E-state index is 5.98. The van der Waals surface area contributed by atoms with Crippen molar-refractivity contribution < 1.29 is 4.42 Å². The predicted molar refractivity (Wildman–Crippen MR) is 90.8 cm³/mol. The molecule has 0 atom stereocenters. The standard InChI is InChI=1S/C15H11Cl2N3OS/c16-12-7-6-11(8-13(12)17)18-9-20-15(22)21-14(19-20)10-4-2-1-3-5-10/h1-8,18H,9H2. The molecule has 1 aromatic heterocycles. The molecule has 2 aromatic carbocycles. The molecule has 0 aliphatic rings. The largest absolute Gasteiger partial charge is 0.409 e. The zero-order chi connectivity index (χ0) is 15.5. The van der Waals surface area contributed by atoms with Gasteiger partial charge in [0.2, 0.25) is 5.89 Å². The highest BCUT2D eigenvalue weighted by molar-refractivity contribution is 7.71. The molecule has 3 rings (SSSR count). The first-order valence-electron chi connectivity index (χ1n) is 6.46. The van der Waals surface area contributed by atoms with Gasteiger partial charge < -0.3 is 9.73 Å². The molecular formula is C15H11Cl2N3OS. The summed E-state index contributed by atoms with van der Waals surface area (Å²) in [5, 5.41) is 8.52. The molecule has 0 aliphatic carbocycles. The third-order valence-electron chi connectivity index (χ3n) is 2.98. The summed E-state index contributed by atoms with van der Waals surface area (Å²) in [5.41, 5.74) is 1.70. The minimum Gasteiger partial charge on any atom is -0.409 e. The fourth-order valence-corrected chi connectivity index (χ4v) is 2.36. The first-order valence-corrected chi connectivity index (χ1v) is 7.62. The highest BCUT2D eigenvalue weighted by Gasteiger charge is 2.07. The molecule has 0 aliphatic heterocycles. The lowest BCUT2D eigenvalue weighted by Crippen LogP contribution is -2.09. The summed E-state index contributed by atoms with van der Waals surface area (Å²) in [4.78, 5) is 0.298. The van der Waals surface area contributed by atoms with Crippen molar-refractivity contribution in [1.82, 2.24) is 9.78 Å². The molecule has 3 aromatic rings. The molecule has 0 unspecified atom stereocenters. The number of rotatable bonds is 4. The van der Waals surface area contributed by atoms with Crippen LogP contribution in [0.5, 0.6) is 0 Å². The summed E-state index contributed by atoms with van der Waals surface area (Å²) < 4.78 is 7.08. The van der Waals surface area contributed by atoms with Gasteiger partial charge in [0.05, 0.1) is 10.0 Å². The summed E-state index contributed by atoms with van der Waals surface area (Å²) in [7, 11) is 0. The lowest BCUT2D eigenvalue weighted by Gasteiger charge is -2.06. The Morgan fingerprint density at radius 1 is 1.09 bits per heavy atom. The molecule has 0 saturated carbocycles. The van der Waals surface area contributed by atoms with E-state index in [9.17, 15) is 0 Å². The van der Waals surface area contributed by atoms with Crippen molar-refractivity contribution in [2.75, 3.05) is 5.32 Å². The molecule has 0 spiro atoms. The van der Waals surface area contributed by atoms with E-state index in [1.54, 1.807) is 16.8 Å². The number of benzene rings is 2. The highest BCUT2D eigenvalue weighted by Crippen LogP contribution is 2.25. The average molecular weight is 352 g/mol. The summed E-state index contributed by atoms with van der Waals surface area (Å²) in [6, 6.07) is 14.9. The van der Waals surface area contributed by atoms with E-state index in [4.69, 9.17) is 39.8 Å². The first-order chi connectivity index (χ1) is 10.6. The predicted octanol–water partition coefficient (Wildman–Crippen LogP) is 5.25. The Balaban J connectivity index is 1.77. The number of nitrogens with one attached hydrogen (secondary N) is 1. The first kappa shape index (κ1) is 15.1. The Morgan fingerprint density at radius 3 is 2.59 bits per heavy atom. The van der Waals surface area contributed by atoms with Crippen molar-refractivity contribution >= 4 is 41.1 Å². The smallest absolute Gasteiger partial charge is 0.289 e. The van der Waals surface area contributed by atoms with Crippen LogP contribution in [0.2, 0.25) is 10.0 Å². The van der Waals surface area contributed by atoms with Gasteiger partial charge in [-0.05, 0) is 42.5 Å². The second-order valence-corrected chi connectivity index (χ2v) is 5.67. The van der Waals surface area contributed by atoms with E-state index in [1.165, 1.54) is 0 Å². The van der Waals surface area contributed by atoms with E-state index in [0.717, 1.165) is 11.3 Å². The van der Waals surface area contributed by atoms with Crippen LogP contribution in [0.4, 0.5) is 5.69 Å². The summed E-state index contributed by atoms with van der Waals surface area (Å²) in [6.07, 6.45) is 0. The number of anilines is 1. The molecule has 0 fully saturated rings. The summed E-state index contributed by atoms with van der Waals surface area (Å²) in [5.74, 6) is 0.488. The molecule has 0 radical (unpaired) electrons. The maximum Gasteiger partial charge on any atom is 0.289 e. The zero-order valence-electron chi connectivity index (χ0n) is 11.3. The second-order valence-electron chi connectivity index (χ2n) is 4.50. The van der Waals surface area contributed by atoms with Gasteiger partial charge in [0.25, 0.3) is 4.84 Å². The Morgan fingerprint density at radius 2 is 1.86 bits per heavy atom. The van der Waals surface area contributed by atoms with Crippen molar-refractivity contribution in [2.45, 2.75) is 6.67 Å². The SMILES string of the molecule is S=c1oc(-c2ccccc2)nn1CNc1ccc(Cl)c(Cl)c1. The van der Waals surface area contributed by atoms with Crippen LogP contribution in [-0.4, -0.2) is 9.78 Å². The number of hydrogen-bond acceptors (Lipinski definition) is 4. The Labute approximate surface area is 142 Å². The molecule has 1 heterocycles. The van der Waals surface area contributed by atoms with Gasteiger partial charge in [-0.15, -0.1) is 5.10 Å². The van der Waals surface area contributed by atoms with Crippen molar-refractivity contribution in [3.63, 3.8) is 0 Å². The molecule has 0 saturated heterocycles. The van der Waals surface area contributed by atoms with E-state index in [-0.39, 0.29) is 0 Å². The highest BCUT2D eigenvalue weighted by atomic mass is 35.5. The number of halogens is 2. The van der Waals surface area contributed by atoms with Gasteiger partial charge in [0.15, 0.2) is 0 Å². The van der Waals surface area contributed by atoms with Gasteiger partial charge in [-0.3, -0.25) is 0 Å². The maximum atomic E-state index is 5.98. The molecule has 0 bridgehead atoms. The van der Waals surface area contributed by atoms with Crippen LogP contribution in [0.1, 0.15) is 0 Å². The molecule has 22 heavy (non-hydrogen) atoms. The molecule has 4 nitrogen and oxygen atoms in total. The number of hydrogen-bond donors (Lipinski definition) is 1. The van der Waals surface area contributed by atoms with Crippen LogP contribution in [0.25, 0.3) is 11.5 Å². The normalized spacial score (nSPS) is 10.6. The molecule has 0 amide bonds. The fraction of sp³-hybridized carbons (Fsp3) is 0.0667. The van der Waals surface area contributed by atoms with Crippen molar-refractivity contribution in [3.8, 4) is 11.5 Å². The topological polar surface area (TPSA) is 43.0 Å². The minimum atomic E-state index is 0.298. The van der Waals surface area contributed by atoms with Gasteiger partial charge in [-0.25, -0.2) is 4.68 Å². The van der Waals surface area contributed by atoms with Crippen molar-refractivity contribution in [1.29, 1.82) is 0 Å². The average Bonchev–Trinajstić information content (AvgIpc) is 2.90. The van der Waals surface area contributed by atoms with E-state index in [2.05, 4.69) is 10.4 Å². The van der Waals surface area contributed by atoms with Crippen LogP contribution in [0, 0.1) is 4.84 Å². The van der Waals surface area contributed by atoms with Gasteiger partial charge in [0.1, 0.15) is 6.67 Å². The van der Waals surface area contributed by atoms with Crippen molar-refractivity contribution in [3.05, 3.63) is 63.4 Å². The fourth-order valence-electron chi connectivity index (χ4n) is 1.88. The molecule has 7 heteroatoms. The summed E-state index contributed by atoms with van der Waals surface area (Å²) >= 11 is 17.0. The van der Waals surface area contributed by atoms with Crippen LogP contribution in [-0.2, 0) is 6.67 Å². The van der Waals surface area contributed by atoms with Gasteiger partial charge in [-0.1, -0.05) is 41.4 Å². The molecule has 1 N–H and O–H groups in total. The van der Waals surface area contributed by atoms with Crippen molar-refractivity contribution in [2.24, 2.45) is 0 Å². The van der Waals surface area contributed by atoms with E-state index < -0.39 is 0 Å². The number of nitrogens with zero attached hydrogens (tertiary/aromatic N) is 2.